The lowest BCUT2D eigenvalue weighted by molar-refractivity contribution is 0.590. The largest absolute Gasteiger partial charge is 0.375 e. The summed E-state index contributed by atoms with van der Waals surface area (Å²) >= 11 is 5.30. The maximum atomic E-state index is 7.83. The molecule has 0 unspecified atom stereocenters. The topological polar surface area (TPSA) is 56.0 Å². The SMILES string of the molecule is O=S.[3H]Sc1cc(C(C)(C)C)cc2sc(N)nc12. The molecule has 2 N–H and O–H groups in total. The molecular weight excluding hydrogens is 272 g/mol. The zero-order valence-electron chi connectivity index (χ0n) is 10.8. The molecule has 1 aromatic heterocycles. The van der Waals surface area contributed by atoms with Crippen LogP contribution in [0.1, 0.15) is 26.3 Å². The van der Waals surface area contributed by atoms with Gasteiger partial charge in [-0.2, -0.15) is 4.21 Å². The Labute approximate surface area is 116 Å². The first-order valence-electron chi connectivity index (χ1n) is 5.33. The lowest BCUT2D eigenvalue weighted by Crippen LogP contribution is -2.10. The quantitative estimate of drug-likeness (QED) is 0.792. The highest BCUT2D eigenvalue weighted by Crippen LogP contribution is 2.34. The molecule has 92 valence electrons. The van der Waals surface area contributed by atoms with Crippen LogP contribution in [0.5, 0.6) is 0 Å². The van der Waals surface area contributed by atoms with Gasteiger partial charge in [0, 0.05) is 4.90 Å². The summed E-state index contributed by atoms with van der Waals surface area (Å²) in [7, 11) is 0. The normalized spacial score (nSPS) is 11.8. The van der Waals surface area contributed by atoms with Gasteiger partial charge in [0.05, 0.1) is 10.2 Å². The summed E-state index contributed by atoms with van der Waals surface area (Å²) in [6, 6.07) is 4.17. The van der Waals surface area contributed by atoms with Gasteiger partial charge < -0.3 is 5.73 Å². The Bertz CT molecular complexity index is 551. The fraction of sp³-hybridized carbons (Fsp3) is 0.364. The molecule has 17 heavy (non-hydrogen) atoms. The lowest BCUT2D eigenvalue weighted by Gasteiger charge is -2.19. The molecule has 0 saturated heterocycles. The molecule has 0 radical (unpaired) electrons. The smallest absolute Gasteiger partial charge is 0.197 e. The second-order valence-corrected chi connectivity index (χ2v) is 6.13. The van der Waals surface area contributed by atoms with Crippen LogP contribution in [0.25, 0.3) is 10.2 Å². The van der Waals surface area contributed by atoms with Crippen LogP contribution in [0, 0.1) is 0 Å². The highest BCUT2D eigenvalue weighted by Gasteiger charge is 2.16. The molecule has 0 aliphatic heterocycles. The van der Waals surface area contributed by atoms with Crippen LogP contribution in [-0.2, 0) is 17.9 Å². The van der Waals surface area contributed by atoms with E-state index in [2.05, 4.69) is 44.4 Å². The number of aromatic nitrogens is 1. The fourth-order valence-corrected chi connectivity index (χ4v) is 2.60. The summed E-state index contributed by atoms with van der Waals surface area (Å²) < 4.78 is 16.4. The molecule has 2 aromatic rings. The zero-order chi connectivity index (χ0) is 13.9. The number of thiazole rings is 1. The zero-order valence-corrected chi connectivity index (χ0v) is 12.3. The van der Waals surface area contributed by atoms with E-state index in [1.54, 1.807) is 0 Å². The van der Waals surface area contributed by atoms with Gasteiger partial charge in [-0.05, 0) is 23.1 Å². The number of nitrogen functional groups attached to an aromatic ring is 1. The Balaban J connectivity index is 0.000000771. The van der Waals surface area contributed by atoms with Gasteiger partial charge in [0.1, 0.15) is 1.12 Å². The van der Waals surface area contributed by atoms with Crippen LogP contribution in [0.15, 0.2) is 17.0 Å². The van der Waals surface area contributed by atoms with E-state index in [1.165, 1.54) is 16.9 Å². The van der Waals surface area contributed by atoms with Crippen molar-refractivity contribution in [1.29, 1.82) is 1.12 Å². The fourth-order valence-electron chi connectivity index (χ4n) is 1.45. The highest BCUT2D eigenvalue weighted by molar-refractivity contribution is 7.80. The molecular formula is C11H14N2OS3. The molecule has 0 spiro atoms. The van der Waals surface area contributed by atoms with Gasteiger partial charge in [-0.15, -0.1) is 12.5 Å². The van der Waals surface area contributed by atoms with E-state index in [4.69, 9.17) is 11.1 Å². The van der Waals surface area contributed by atoms with Crippen molar-refractivity contribution in [3.63, 3.8) is 0 Å². The van der Waals surface area contributed by atoms with Crippen LogP contribution in [0.3, 0.4) is 0 Å². The number of benzene rings is 1. The minimum atomic E-state index is 0.0808. The molecule has 0 amide bonds. The minimum absolute atomic E-state index is 0.0808. The van der Waals surface area contributed by atoms with Gasteiger partial charge in [0.25, 0.3) is 0 Å². The standard InChI is InChI=1S/C11H14N2S2.OS/c1-11(2,3)6-4-7(14)9-8(5-6)15-10(12)13-9;1-2/h4-5,14H,1-3H3,(H2,12,13);/i/hT. The molecule has 3 nitrogen and oxygen atoms in total. The summed E-state index contributed by atoms with van der Waals surface area (Å²) in [6.45, 7) is 6.49. The molecule has 1 aromatic carbocycles. The number of rotatable bonds is 1. The third kappa shape index (κ3) is 3.14. The molecule has 6 heteroatoms. The van der Waals surface area contributed by atoms with Crippen molar-refractivity contribution in [1.82, 2.24) is 4.98 Å². The molecule has 2 rings (SSSR count). The van der Waals surface area contributed by atoms with Gasteiger partial charge in [-0.1, -0.05) is 32.1 Å². The molecule has 1 heterocycles. The monoisotopic (exact) mass is 288 g/mol. The van der Waals surface area contributed by atoms with Gasteiger partial charge in [-0.3, -0.25) is 0 Å². The summed E-state index contributed by atoms with van der Waals surface area (Å²) in [5.74, 6) is 0. The van der Waals surface area contributed by atoms with Crippen LogP contribution >= 0.6 is 23.9 Å². The van der Waals surface area contributed by atoms with Crippen molar-refractivity contribution in [2.75, 3.05) is 5.73 Å². The van der Waals surface area contributed by atoms with Crippen LogP contribution in [0.4, 0.5) is 5.13 Å². The molecule has 0 saturated carbocycles. The van der Waals surface area contributed by atoms with E-state index in [0.717, 1.165) is 27.6 Å². The van der Waals surface area contributed by atoms with E-state index in [9.17, 15) is 0 Å². The Hall–Kier alpha value is -0.720. The van der Waals surface area contributed by atoms with Gasteiger partial charge in [-0.25, -0.2) is 4.98 Å². The Morgan fingerprint density at radius 2 is 2.12 bits per heavy atom. The Kier molecular flexibility index (Phi) is 3.96. The van der Waals surface area contributed by atoms with Crippen LogP contribution < -0.4 is 5.73 Å². The first-order valence-corrected chi connectivity index (χ1v) is 6.48. The van der Waals surface area contributed by atoms with Crippen molar-refractivity contribution in [2.24, 2.45) is 0 Å². The maximum absolute atomic E-state index is 7.83. The first-order chi connectivity index (χ1) is 8.41. The second-order valence-electron chi connectivity index (χ2n) is 4.62. The van der Waals surface area contributed by atoms with E-state index in [-0.39, 0.29) is 5.41 Å². The number of thiol groups is 1. The third-order valence-electron chi connectivity index (χ3n) is 2.34. The van der Waals surface area contributed by atoms with Crippen molar-refractivity contribution in [3.8, 4) is 0 Å². The van der Waals surface area contributed by atoms with Gasteiger partial charge in [0.15, 0.2) is 17.7 Å². The van der Waals surface area contributed by atoms with Gasteiger partial charge in [0.2, 0.25) is 0 Å². The van der Waals surface area contributed by atoms with E-state index >= 15 is 0 Å². The number of hydrogen-bond donors (Lipinski definition) is 2. The number of nitrogens with zero attached hydrogens (tertiary/aromatic N) is 1. The molecule has 0 aliphatic carbocycles. The predicted octanol–water partition coefficient (Wildman–Crippen LogP) is 3.13. The van der Waals surface area contributed by atoms with Crippen molar-refractivity contribution in [3.05, 3.63) is 17.7 Å². The maximum Gasteiger partial charge on any atom is 0.197 e. The van der Waals surface area contributed by atoms with E-state index < -0.39 is 0 Å². The molecule has 0 bridgehead atoms. The van der Waals surface area contributed by atoms with Crippen LogP contribution in [0.2, 0.25) is 0 Å². The average molecular weight is 288 g/mol. The Morgan fingerprint density at radius 3 is 2.65 bits per heavy atom. The number of fused-ring (bicyclic) bond motifs is 1. The third-order valence-corrected chi connectivity index (χ3v) is 3.49. The molecule has 0 aliphatic rings. The highest BCUT2D eigenvalue weighted by atomic mass is 32.1. The molecule has 0 fully saturated rings. The van der Waals surface area contributed by atoms with Gasteiger partial charge >= 0.3 is 0 Å². The molecule has 0 atom stereocenters. The number of hydrogen-bond acceptors (Lipinski definition) is 6. The second kappa shape index (κ2) is 5.29. The van der Waals surface area contributed by atoms with Crippen molar-refractivity contribution < 1.29 is 4.21 Å². The summed E-state index contributed by atoms with van der Waals surface area (Å²) in [6.07, 6.45) is 0. The van der Waals surface area contributed by atoms with Crippen molar-refractivity contribution >= 4 is 51.8 Å². The summed E-state index contributed by atoms with van der Waals surface area (Å²) in [4.78, 5) is 5.15. The Morgan fingerprint density at radius 1 is 1.47 bits per heavy atom. The minimum Gasteiger partial charge on any atom is -0.375 e. The number of nitrogens with two attached hydrogens (primary N) is 1. The number of anilines is 1. The van der Waals surface area contributed by atoms with E-state index in [0.29, 0.717) is 5.13 Å². The summed E-state index contributed by atoms with van der Waals surface area (Å²) in [5, 5.41) is 0.566. The predicted molar refractivity (Wildman–Crippen MR) is 78.1 cm³/mol. The summed E-state index contributed by atoms with van der Waals surface area (Å²) in [5.41, 5.74) is 7.87. The average Bonchev–Trinajstić information content (AvgIpc) is 2.69. The first kappa shape index (κ1) is 12.7. The van der Waals surface area contributed by atoms with Crippen LogP contribution in [-0.4, -0.2) is 10.3 Å². The van der Waals surface area contributed by atoms with E-state index in [1.807, 2.05) is 6.07 Å². The lowest BCUT2D eigenvalue weighted by atomic mass is 9.87. The van der Waals surface area contributed by atoms with Crippen molar-refractivity contribution in [2.45, 2.75) is 31.1 Å².